The number of nitrogens with zero attached hydrogens (tertiary/aromatic N) is 2. The van der Waals surface area contributed by atoms with Crippen LogP contribution in [0.4, 0.5) is 17.3 Å². The van der Waals surface area contributed by atoms with Crippen LogP contribution in [0.25, 0.3) is 11.0 Å². The first kappa shape index (κ1) is 22.3. The number of phenolic OH excluding ortho intramolecular Hbond substituents is 1. The molecule has 1 saturated heterocycles. The molecule has 1 fully saturated rings. The molecular formula is C22H27N5O4S. The van der Waals surface area contributed by atoms with Crippen molar-refractivity contribution < 1.29 is 18.6 Å². The zero-order valence-corrected chi connectivity index (χ0v) is 18.4. The Morgan fingerprint density at radius 2 is 1.72 bits per heavy atom. The van der Waals surface area contributed by atoms with Gasteiger partial charge in [0.25, 0.3) is 0 Å². The lowest BCUT2D eigenvalue weighted by atomic mass is 10.1. The summed E-state index contributed by atoms with van der Waals surface area (Å²) in [5.74, 6) is 0.418. The molecule has 170 valence electrons. The Hall–Kier alpha value is -2.95. The number of sulfonamides is 1. The van der Waals surface area contributed by atoms with Gasteiger partial charge in [-0.2, -0.15) is 0 Å². The first-order valence-electron chi connectivity index (χ1n) is 10.6. The third kappa shape index (κ3) is 5.09. The molecule has 1 aliphatic heterocycles. The molecule has 0 radical (unpaired) electrons. The highest BCUT2D eigenvalue weighted by Gasteiger charge is 2.28. The molecule has 0 spiro atoms. The number of benzene rings is 2. The van der Waals surface area contributed by atoms with Crippen molar-refractivity contribution in [1.29, 1.82) is 0 Å². The van der Waals surface area contributed by atoms with Gasteiger partial charge in [0.15, 0.2) is 11.6 Å². The average molecular weight is 458 g/mol. The molecule has 32 heavy (non-hydrogen) atoms. The summed E-state index contributed by atoms with van der Waals surface area (Å²) in [5.41, 5.74) is 2.61. The van der Waals surface area contributed by atoms with Crippen LogP contribution in [0, 0.1) is 0 Å². The molecule has 0 bridgehead atoms. The van der Waals surface area contributed by atoms with Gasteiger partial charge >= 0.3 is 0 Å². The van der Waals surface area contributed by atoms with E-state index < -0.39 is 15.3 Å². The predicted octanol–water partition coefficient (Wildman–Crippen LogP) is 2.50. The van der Waals surface area contributed by atoms with Crippen LogP contribution in [0.1, 0.15) is 24.8 Å². The maximum absolute atomic E-state index is 13.1. The first-order chi connectivity index (χ1) is 15.5. The third-order valence-corrected chi connectivity index (χ3v) is 7.31. The monoisotopic (exact) mass is 457 g/mol. The summed E-state index contributed by atoms with van der Waals surface area (Å²) >= 11 is 0. The van der Waals surface area contributed by atoms with E-state index in [0.717, 1.165) is 5.56 Å². The van der Waals surface area contributed by atoms with Gasteiger partial charge in [-0.3, -0.25) is 4.72 Å². The standard InChI is InChI=1S/C22H27N5O4S/c28-13-3-4-15-7-8-16(29)14-20(15)26-21-22(25-19-6-2-1-5-18(19)24-21)27-32(30,31)17-9-11-23-12-10-17/h1-2,5-8,14,17,23,28-29H,3-4,9-13H2,(H,24,26)(H,25,27). The topological polar surface area (TPSA) is 136 Å². The smallest absolute Gasteiger partial charge is 0.236 e. The van der Waals surface area contributed by atoms with Gasteiger partial charge in [-0.05, 0) is 62.5 Å². The van der Waals surface area contributed by atoms with Gasteiger partial charge in [0.2, 0.25) is 10.0 Å². The molecule has 2 heterocycles. The Balaban J connectivity index is 1.73. The van der Waals surface area contributed by atoms with Gasteiger partial charge in [0.1, 0.15) is 5.75 Å². The van der Waals surface area contributed by atoms with Crippen molar-refractivity contribution in [2.45, 2.75) is 30.9 Å². The van der Waals surface area contributed by atoms with E-state index in [1.54, 1.807) is 30.3 Å². The highest BCUT2D eigenvalue weighted by molar-refractivity contribution is 7.93. The van der Waals surface area contributed by atoms with E-state index in [1.807, 2.05) is 12.1 Å². The number of phenols is 1. The second-order valence-electron chi connectivity index (χ2n) is 7.80. The Morgan fingerprint density at radius 1 is 1.03 bits per heavy atom. The summed E-state index contributed by atoms with van der Waals surface area (Å²) in [5, 5.41) is 25.0. The van der Waals surface area contributed by atoms with Crippen LogP contribution in [-0.2, 0) is 16.4 Å². The van der Waals surface area contributed by atoms with Crippen molar-refractivity contribution in [3.63, 3.8) is 0 Å². The second-order valence-corrected chi connectivity index (χ2v) is 9.76. The van der Waals surface area contributed by atoms with E-state index in [9.17, 15) is 18.6 Å². The quantitative estimate of drug-likeness (QED) is 0.348. The molecule has 10 heteroatoms. The van der Waals surface area contributed by atoms with E-state index >= 15 is 0 Å². The van der Waals surface area contributed by atoms with Gasteiger partial charge < -0.3 is 20.8 Å². The summed E-state index contributed by atoms with van der Waals surface area (Å²) in [4.78, 5) is 9.14. The van der Waals surface area contributed by atoms with Gasteiger partial charge in [0.05, 0.1) is 16.3 Å². The summed E-state index contributed by atoms with van der Waals surface area (Å²) in [6, 6.07) is 12.1. The average Bonchev–Trinajstić information content (AvgIpc) is 2.79. The molecular weight excluding hydrogens is 430 g/mol. The van der Waals surface area contributed by atoms with E-state index in [4.69, 9.17) is 0 Å². The van der Waals surface area contributed by atoms with E-state index in [1.165, 1.54) is 0 Å². The molecule has 3 aromatic rings. The lowest BCUT2D eigenvalue weighted by Crippen LogP contribution is -2.38. The number of hydrogen-bond acceptors (Lipinski definition) is 8. The molecule has 5 N–H and O–H groups in total. The minimum absolute atomic E-state index is 0.0391. The van der Waals surface area contributed by atoms with Crippen LogP contribution in [0.3, 0.4) is 0 Å². The minimum atomic E-state index is -3.67. The SMILES string of the molecule is O=S(=O)(Nc1nc2ccccc2nc1Nc1cc(O)ccc1CCCO)C1CCNCC1. The van der Waals surface area contributed by atoms with E-state index in [0.29, 0.717) is 55.5 Å². The third-order valence-electron chi connectivity index (χ3n) is 5.49. The van der Waals surface area contributed by atoms with E-state index in [2.05, 4.69) is 25.3 Å². The number of rotatable bonds is 8. The van der Waals surface area contributed by atoms with Crippen molar-refractivity contribution in [2.75, 3.05) is 29.7 Å². The fourth-order valence-corrected chi connectivity index (χ4v) is 5.21. The minimum Gasteiger partial charge on any atom is -0.508 e. The van der Waals surface area contributed by atoms with Crippen molar-refractivity contribution >= 4 is 38.4 Å². The van der Waals surface area contributed by atoms with Gasteiger partial charge in [-0.25, -0.2) is 18.4 Å². The zero-order valence-electron chi connectivity index (χ0n) is 17.6. The summed E-state index contributed by atoms with van der Waals surface area (Å²) in [7, 11) is -3.67. The molecule has 0 amide bonds. The molecule has 1 aromatic heterocycles. The number of fused-ring (bicyclic) bond motifs is 1. The zero-order chi connectivity index (χ0) is 22.6. The van der Waals surface area contributed by atoms with Crippen molar-refractivity contribution in [2.24, 2.45) is 0 Å². The molecule has 0 aliphatic carbocycles. The van der Waals surface area contributed by atoms with Gasteiger partial charge in [-0.1, -0.05) is 18.2 Å². The Kier molecular flexibility index (Phi) is 6.73. The first-order valence-corrected chi connectivity index (χ1v) is 12.2. The number of aromatic nitrogens is 2. The molecule has 0 atom stereocenters. The van der Waals surface area contributed by atoms with E-state index in [-0.39, 0.29) is 24.0 Å². The number of aromatic hydroxyl groups is 1. The predicted molar refractivity (Wildman–Crippen MR) is 125 cm³/mol. The number of aliphatic hydroxyl groups is 1. The summed E-state index contributed by atoms with van der Waals surface area (Å²) in [6.45, 7) is 1.34. The molecule has 1 aliphatic rings. The van der Waals surface area contributed by atoms with Crippen LogP contribution >= 0.6 is 0 Å². The van der Waals surface area contributed by atoms with Crippen molar-refractivity contribution in [3.8, 4) is 5.75 Å². The number of anilines is 3. The van der Waals surface area contributed by atoms with Crippen LogP contribution in [0.2, 0.25) is 0 Å². The molecule has 2 aromatic carbocycles. The summed E-state index contributed by atoms with van der Waals surface area (Å²) in [6.07, 6.45) is 2.18. The maximum atomic E-state index is 13.1. The molecule has 0 unspecified atom stereocenters. The van der Waals surface area contributed by atoms with Crippen molar-refractivity contribution in [1.82, 2.24) is 15.3 Å². The Labute approximate surface area is 187 Å². The molecule has 9 nitrogen and oxygen atoms in total. The van der Waals surface area contributed by atoms with Crippen LogP contribution in [0.15, 0.2) is 42.5 Å². The fraction of sp³-hybridized carbons (Fsp3) is 0.364. The molecule has 0 saturated carbocycles. The number of aryl methyl sites for hydroxylation is 1. The van der Waals surface area contributed by atoms with Crippen molar-refractivity contribution in [3.05, 3.63) is 48.0 Å². The number of aliphatic hydroxyl groups excluding tert-OH is 1. The number of hydrogen-bond donors (Lipinski definition) is 5. The number of para-hydroxylation sites is 2. The van der Waals surface area contributed by atoms with Crippen LogP contribution in [-0.4, -0.2) is 53.5 Å². The molecule has 4 rings (SSSR count). The lowest BCUT2D eigenvalue weighted by Gasteiger charge is -2.23. The van der Waals surface area contributed by atoms with Crippen LogP contribution in [0.5, 0.6) is 5.75 Å². The maximum Gasteiger partial charge on any atom is 0.236 e. The van der Waals surface area contributed by atoms with Crippen LogP contribution < -0.4 is 15.4 Å². The van der Waals surface area contributed by atoms with Gasteiger partial charge in [0, 0.05) is 18.4 Å². The lowest BCUT2D eigenvalue weighted by molar-refractivity contribution is 0.288. The normalized spacial score (nSPS) is 15.0. The number of nitrogens with one attached hydrogen (secondary N) is 3. The fourth-order valence-electron chi connectivity index (χ4n) is 3.78. The Morgan fingerprint density at radius 3 is 2.41 bits per heavy atom. The number of piperidine rings is 1. The highest BCUT2D eigenvalue weighted by atomic mass is 32.2. The largest absolute Gasteiger partial charge is 0.508 e. The van der Waals surface area contributed by atoms with Gasteiger partial charge in [-0.15, -0.1) is 0 Å². The second kappa shape index (κ2) is 9.68. The Bertz CT molecular complexity index is 1200. The summed E-state index contributed by atoms with van der Waals surface area (Å²) < 4.78 is 28.8. The highest BCUT2D eigenvalue weighted by Crippen LogP contribution is 2.31.